The quantitative estimate of drug-likeness (QED) is 0.468. The van der Waals surface area contributed by atoms with Crippen LogP contribution in [0.3, 0.4) is 0 Å². The van der Waals surface area contributed by atoms with Crippen molar-refractivity contribution in [2.24, 2.45) is 4.99 Å². The second-order valence-corrected chi connectivity index (χ2v) is 2.17. The van der Waals surface area contributed by atoms with Gasteiger partial charge in [-0.3, -0.25) is 9.79 Å². The average Bonchev–Trinajstić information content (AvgIpc) is 1.99. The van der Waals surface area contributed by atoms with Crippen molar-refractivity contribution in [2.75, 3.05) is 6.54 Å². The highest BCUT2D eigenvalue weighted by Gasteiger charge is 1.79. The minimum atomic E-state index is 0.652. The lowest BCUT2D eigenvalue weighted by Crippen LogP contribution is -2.06. The van der Waals surface area contributed by atoms with E-state index in [2.05, 4.69) is 17.2 Å². The zero-order chi connectivity index (χ0) is 8.53. The first-order chi connectivity index (χ1) is 5.31. The number of carbonyl (C=O) groups is 1. The summed E-state index contributed by atoms with van der Waals surface area (Å²) in [5.41, 5.74) is 0.805. The van der Waals surface area contributed by atoms with Gasteiger partial charge < -0.3 is 5.32 Å². The summed E-state index contributed by atoms with van der Waals surface area (Å²) in [5.74, 6) is 0. The molecule has 0 saturated heterocycles. The van der Waals surface area contributed by atoms with Crippen molar-refractivity contribution in [3.63, 3.8) is 0 Å². The van der Waals surface area contributed by atoms with E-state index < -0.39 is 0 Å². The Hall–Kier alpha value is -1.12. The maximum absolute atomic E-state index is 9.91. The van der Waals surface area contributed by atoms with E-state index >= 15 is 0 Å². The molecule has 3 heteroatoms. The number of carbonyl (C=O) groups excluding carboxylic acids is 1. The topological polar surface area (TPSA) is 41.5 Å². The predicted molar refractivity (Wildman–Crippen MR) is 46.6 cm³/mol. The van der Waals surface area contributed by atoms with Crippen LogP contribution in [0.4, 0.5) is 0 Å². The van der Waals surface area contributed by atoms with Gasteiger partial charge in [-0.25, -0.2) is 0 Å². The molecule has 0 heterocycles. The Labute approximate surface area is 67.2 Å². The van der Waals surface area contributed by atoms with E-state index in [4.69, 9.17) is 0 Å². The number of nitrogens with zero attached hydrogens (tertiary/aromatic N) is 1. The molecule has 1 N–H and O–H groups in total. The zero-order valence-corrected chi connectivity index (χ0v) is 7.00. The maximum atomic E-state index is 9.91. The van der Waals surface area contributed by atoms with Gasteiger partial charge in [0, 0.05) is 18.5 Å². The Kier molecular flexibility index (Phi) is 6.28. The molecule has 3 nitrogen and oxygen atoms in total. The van der Waals surface area contributed by atoms with Crippen LogP contribution in [0.25, 0.3) is 0 Å². The minimum Gasteiger partial charge on any atom is -0.333 e. The summed E-state index contributed by atoms with van der Waals surface area (Å²) in [6.07, 6.45) is 5.17. The number of rotatable bonds is 5. The summed E-state index contributed by atoms with van der Waals surface area (Å²) in [6, 6.07) is 0. The third-order valence-electron chi connectivity index (χ3n) is 1.07. The van der Waals surface area contributed by atoms with E-state index in [1.165, 1.54) is 0 Å². The number of amides is 1. The Morgan fingerprint density at radius 3 is 2.91 bits per heavy atom. The molecule has 1 amide bonds. The number of nitrogens with one attached hydrogen (secondary N) is 1. The second-order valence-electron chi connectivity index (χ2n) is 2.17. The smallest absolute Gasteiger partial charge is 0.211 e. The van der Waals surface area contributed by atoms with Gasteiger partial charge in [0.2, 0.25) is 6.41 Å². The second kappa shape index (κ2) is 6.99. The van der Waals surface area contributed by atoms with Crippen LogP contribution in [-0.2, 0) is 4.79 Å². The molecule has 0 radical (unpaired) electrons. The van der Waals surface area contributed by atoms with Crippen molar-refractivity contribution in [3.05, 3.63) is 11.8 Å². The fraction of sp³-hybridized carbons (Fsp3) is 0.500. The van der Waals surface area contributed by atoms with Crippen molar-refractivity contribution in [3.8, 4) is 0 Å². The van der Waals surface area contributed by atoms with Crippen LogP contribution >= 0.6 is 0 Å². The summed E-state index contributed by atoms with van der Waals surface area (Å²) in [6.45, 7) is 4.72. The summed E-state index contributed by atoms with van der Waals surface area (Å²) >= 11 is 0. The summed E-state index contributed by atoms with van der Waals surface area (Å²) < 4.78 is 0. The lowest BCUT2D eigenvalue weighted by Gasteiger charge is -1.92. The van der Waals surface area contributed by atoms with Gasteiger partial charge in [0.25, 0.3) is 0 Å². The van der Waals surface area contributed by atoms with E-state index in [9.17, 15) is 4.79 Å². The van der Waals surface area contributed by atoms with Gasteiger partial charge in [-0.05, 0) is 19.4 Å². The Balaban J connectivity index is 3.61. The van der Waals surface area contributed by atoms with Crippen LogP contribution in [-0.4, -0.2) is 19.2 Å². The van der Waals surface area contributed by atoms with Crippen molar-refractivity contribution in [1.29, 1.82) is 0 Å². The first kappa shape index (κ1) is 9.88. The fourth-order valence-corrected chi connectivity index (χ4v) is 0.509. The van der Waals surface area contributed by atoms with E-state index in [0.29, 0.717) is 6.41 Å². The number of allylic oxidation sites excluding steroid dienone is 2. The maximum Gasteiger partial charge on any atom is 0.211 e. The van der Waals surface area contributed by atoms with Crippen LogP contribution in [0.1, 0.15) is 20.3 Å². The highest BCUT2D eigenvalue weighted by molar-refractivity contribution is 5.72. The van der Waals surface area contributed by atoms with Crippen LogP contribution in [0.5, 0.6) is 0 Å². The standard InChI is InChI=1S/C8H14N2O/c1-3-5-9-6-4-8(2)10-7-11/h4,6-7H,3,5H2,1-2H3,(H,10,11)/b8-4+,9-6?. The first-order valence-corrected chi connectivity index (χ1v) is 3.68. The lowest BCUT2D eigenvalue weighted by molar-refractivity contribution is -0.108. The zero-order valence-electron chi connectivity index (χ0n) is 7.00. The normalized spacial score (nSPS) is 12.0. The molecule has 0 rings (SSSR count). The van der Waals surface area contributed by atoms with Crippen molar-refractivity contribution < 1.29 is 4.79 Å². The molecule has 0 saturated carbocycles. The SMILES string of the molecule is CCCN=C/C=C(\C)NC=O. The van der Waals surface area contributed by atoms with Crippen molar-refractivity contribution in [2.45, 2.75) is 20.3 Å². The molecule has 0 unspecified atom stereocenters. The summed E-state index contributed by atoms with van der Waals surface area (Å²) in [7, 11) is 0. The summed E-state index contributed by atoms with van der Waals surface area (Å²) in [5, 5.41) is 2.51. The van der Waals surface area contributed by atoms with Gasteiger partial charge >= 0.3 is 0 Å². The molecule has 62 valence electrons. The highest BCUT2D eigenvalue weighted by Crippen LogP contribution is 1.81. The van der Waals surface area contributed by atoms with Crippen LogP contribution in [0.2, 0.25) is 0 Å². The van der Waals surface area contributed by atoms with Gasteiger partial charge in [0.15, 0.2) is 0 Å². The van der Waals surface area contributed by atoms with Gasteiger partial charge in [-0.1, -0.05) is 6.92 Å². The van der Waals surface area contributed by atoms with Crippen molar-refractivity contribution in [1.82, 2.24) is 5.32 Å². The van der Waals surface area contributed by atoms with E-state index in [-0.39, 0.29) is 0 Å². The average molecular weight is 154 g/mol. The molecule has 11 heavy (non-hydrogen) atoms. The monoisotopic (exact) mass is 154 g/mol. The summed E-state index contributed by atoms with van der Waals surface area (Å²) in [4.78, 5) is 14.0. The Bertz CT molecular complexity index is 161. The first-order valence-electron chi connectivity index (χ1n) is 3.68. The molecule has 0 aliphatic rings. The molecule has 0 atom stereocenters. The van der Waals surface area contributed by atoms with Gasteiger partial charge in [0.1, 0.15) is 0 Å². The molecular formula is C8H14N2O. The molecule has 0 spiro atoms. The largest absolute Gasteiger partial charge is 0.333 e. The molecule has 0 bridgehead atoms. The van der Waals surface area contributed by atoms with Crippen LogP contribution < -0.4 is 5.32 Å². The molecule has 0 aromatic rings. The molecule has 0 fully saturated rings. The number of aliphatic imine (C=N–C) groups is 1. The van der Waals surface area contributed by atoms with Gasteiger partial charge in [-0.2, -0.15) is 0 Å². The minimum absolute atomic E-state index is 0.652. The molecule has 0 aromatic heterocycles. The Morgan fingerprint density at radius 2 is 2.36 bits per heavy atom. The number of hydrogen-bond acceptors (Lipinski definition) is 2. The van der Waals surface area contributed by atoms with E-state index in [1.54, 1.807) is 12.3 Å². The predicted octanol–water partition coefficient (Wildman–Crippen LogP) is 1.12. The lowest BCUT2D eigenvalue weighted by atomic mass is 10.4. The fourth-order valence-electron chi connectivity index (χ4n) is 0.509. The van der Waals surface area contributed by atoms with E-state index in [0.717, 1.165) is 18.7 Å². The van der Waals surface area contributed by atoms with E-state index in [1.807, 2.05) is 6.92 Å². The third-order valence-corrected chi connectivity index (χ3v) is 1.07. The van der Waals surface area contributed by atoms with Gasteiger partial charge in [0.05, 0.1) is 0 Å². The molecule has 0 aliphatic heterocycles. The van der Waals surface area contributed by atoms with Gasteiger partial charge in [-0.15, -0.1) is 0 Å². The molecule has 0 aliphatic carbocycles. The molecular weight excluding hydrogens is 140 g/mol. The van der Waals surface area contributed by atoms with Crippen LogP contribution in [0.15, 0.2) is 16.8 Å². The third kappa shape index (κ3) is 6.77. The highest BCUT2D eigenvalue weighted by atomic mass is 16.1. The Morgan fingerprint density at radius 1 is 1.64 bits per heavy atom. The van der Waals surface area contributed by atoms with Crippen molar-refractivity contribution >= 4 is 12.6 Å². The number of hydrogen-bond donors (Lipinski definition) is 1. The van der Waals surface area contributed by atoms with Crippen LogP contribution in [0, 0.1) is 0 Å². The molecule has 0 aromatic carbocycles.